The Kier molecular flexibility index (Phi) is 2.66. The Hall–Kier alpha value is -1.70. The lowest BCUT2D eigenvalue weighted by atomic mass is 10.1. The predicted octanol–water partition coefficient (Wildman–Crippen LogP) is -0.277. The maximum absolute atomic E-state index is 9.97. The molecule has 1 saturated heterocycles. The SMILES string of the molecule is Nc1ncnc2c([C@@H]3O[C@H](CO)C[C@H]3O)c[nH]c12. The van der Waals surface area contributed by atoms with Gasteiger partial charge in [-0.25, -0.2) is 9.97 Å². The van der Waals surface area contributed by atoms with Crippen molar-refractivity contribution in [3.05, 3.63) is 18.1 Å². The third kappa shape index (κ3) is 1.64. The van der Waals surface area contributed by atoms with E-state index in [1.54, 1.807) is 6.20 Å². The average Bonchev–Trinajstić information content (AvgIpc) is 2.93. The summed E-state index contributed by atoms with van der Waals surface area (Å²) in [4.78, 5) is 11.0. The fourth-order valence-corrected chi connectivity index (χ4v) is 2.34. The summed E-state index contributed by atoms with van der Waals surface area (Å²) in [6.45, 7) is -0.104. The van der Waals surface area contributed by atoms with Crippen LogP contribution in [0.3, 0.4) is 0 Å². The smallest absolute Gasteiger partial charge is 0.151 e. The highest BCUT2D eigenvalue weighted by atomic mass is 16.5. The molecular weight excluding hydrogens is 236 g/mol. The number of nitrogen functional groups attached to an aromatic ring is 1. The molecule has 2 aromatic rings. The van der Waals surface area contributed by atoms with Crippen LogP contribution in [-0.4, -0.2) is 44.0 Å². The summed E-state index contributed by atoms with van der Waals surface area (Å²) < 4.78 is 5.59. The molecule has 5 N–H and O–H groups in total. The van der Waals surface area contributed by atoms with Crippen LogP contribution in [0.25, 0.3) is 11.0 Å². The first-order valence-electron chi connectivity index (χ1n) is 5.72. The van der Waals surface area contributed by atoms with E-state index in [0.29, 0.717) is 23.3 Å². The highest BCUT2D eigenvalue weighted by molar-refractivity contribution is 5.87. The zero-order valence-corrected chi connectivity index (χ0v) is 9.58. The van der Waals surface area contributed by atoms with Gasteiger partial charge in [-0.15, -0.1) is 0 Å². The van der Waals surface area contributed by atoms with Gasteiger partial charge < -0.3 is 25.7 Å². The summed E-state index contributed by atoms with van der Waals surface area (Å²) in [7, 11) is 0. The third-order valence-corrected chi connectivity index (χ3v) is 3.23. The lowest BCUT2D eigenvalue weighted by Crippen LogP contribution is -2.12. The maximum Gasteiger partial charge on any atom is 0.151 e. The van der Waals surface area contributed by atoms with Crippen LogP contribution < -0.4 is 5.73 Å². The number of nitrogens with zero attached hydrogens (tertiary/aromatic N) is 2. The standard InChI is InChI=1S/C11H14N4O3/c12-11-9-8(14-4-15-11)6(2-13-9)10-7(17)1-5(3-16)18-10/h2,4-5,7,10,13,16-17H,1,3H2,(H2,12,14,15)/t5-,7+,10-/m0/s1. The molecule has 0 aliphatic carbocycles. The Morgan fingerprint density at radius 3 is 3.06 bits per heavy atom. The number of hydrogen-bond donors (Lipinski definition) is 4. The summed E-state index contributed by atoms with van der Waals surface area (Å²) in [5.41, 5.74) is 7.75. The van der Waals surface area contributed by atoms with Crippen LogP contribution in [0.4, 0.5) is 5.82 Å². The summed E-state index contributed by atoms with van der Waals surface area (Å²) in [6, 6.07) is 0. The molecule has 7 heteroatoms. The van der Waals surface area contributed by atoms with Gasteiger partial charge in [0.2, 0.25) is 0 Å². The van der Waals surface area contributed by atoms with Crippen LogP contribution in [0.5, 0.6) is 0 Å². The summed E-state index contributed by atoms with van der Waals surface area (Å²) in [5, 5.41) is 19.0. The molecule has 1 aliphatic rings. The molecule has 7 nitrogen and oxygen atoms in total. The lowest BCUT2D eigenvalue weighted by molar-refractivity contribution is -0.0101. The van der Waals surface area contributed by atoms with Crippen molar-refractivity contribution in [3.8, 4) is 0 Å². The van der Waals surface area contributed by atoms with Crippen molar-refractivity contribution in [2.45, 2.75) is 24.7 Å². The van der Waals surface area contributed by atoms with Crippen molar-refractivity contribution in [1.82, 2.24) is 15.0 Å². The van der Waals surface area contributed by atoms with Gasteiger partial charge in [0.25, 0.3) is 0 Å². The van der Waals surface area contributed by atoms with Crippen molar-refractivity contribution in [2.75, 3.05) is 12.3 Å². The molecule has 1 fully saturated rings. The molecule has 0 spiro atoms. The second kappa shape index (κ2) is 4.20. The molecule has 0 aromatic carbocycles. The predicted molar refractivity (Wildman–Crippen MR) is 63.6 cm³/mol. The first kappa shape index (κ1) is 11.4. The molecule has 0 radical (unpaired) electrons. The highest BCUT2D eigenvalue weighted by Gasteiger charge is 2.36. The number of fused-ring (bicyclic) bond motifs is 1. The second-order valence-corrected chi connectivity index (χ2v) is 4.39. The van der Waals surface area contributed by atoms with Gasteiger partial charge in [0.1, 0.15) is 17.9 Å². The summed E-state index contributed by atoms with van der Waals surface area (Å²) >= 11 is 0. The van der Waals surface area contributed by atoms with Crippen molar-refractivity contribution < 1.29 is 14.9 Å². The van der Waals surface area contributed by atoms with Gasteiger partial charge in [-0.05, 0) is 0 Å². The van der Waals surface area contributed by atoms with Gasteiger partial charge in [0, 0.05) is 18.2 Å². The van der Waals surface area contributed by atoms with Crippen molar-refractivity contribution in [1.29, 1.82) is 0 Å². The molecule has 3 heterocycles. The quantitative estimate of drug-likeness (QED) is 0.582. The number of aliphatic hydroxyl groups excluding tert-OH is 2. The van der Waals surface area contributed by atoms with E-state index >= 15 is 0 Å². The Morgan fingerprint density at radius 2 is 2.33 bits per heavy atom. The van der Waals surface area contributed by atoms with E-state index in [1.807, 2.05) is 0 Å². The Balaban J connectivity index is 2.02. The van der Waals surface area contributed by atoms with Gasteiger partial charge >= 0.3 is 0 Å². The van der Waals surface area contributed by atoms with Crippen LogP contribution in [0.2, 0.25) is 0 Å². The number of H-pyrrole nitrogens is 1. The fourth-order valence-electron chi connectivity index (χ4n) is 2.34. The monoisotopic (exact) mass is 250 g/mol. The number of hydrogen-bond acceptors (Lipinski definition) is 6. The van der Waals surface area contributed by atoms with Crippen LogP contribution >= 0.6 is 0 Å². The topological polar surface area (TPSA) is 117 Å². The summed E-state index contributed by atoms with van der Waals surface area (Å²) in [5.74, 6) is 0.359. The number of anilines is 1. The molecular formula is C11H14N4O3. The number of aromatic amines is 1. The largest absolute Gasteiger partial charge is 0.394 e. The van der Waals surface area contributed by atoms with Gasteiger partial charge in [-0.3, -0.25) is 0 Å². The minimum atomic E-state index is -0.655. The van der Waals surface area contributed by atoms with Crippen LogP contribution in [0.1, 0.15) is 18.1 Å². The molecule has 1 aliphatic heterocycles. The zero-order chi connectivity index (χ0) is 12.7. The van der Waals surface area contributed by atoms with E-state index in [9.17, 15) is 5.11 Å². The minimum absolute atomic E-state index is 0.104. The van der Waals surface area contributed by atoms with Gasteiger partial charge in [0.05, 0.1) is 24.3 Å². The van der Waals surface area contributed by atoms with Crippen LogP contribution in [-0.2, 0) is 4.74 Å². The van der Waals surface area contributed by atoms with E-state index in [0.717, 1.165) is 5.56 Å². The molecule has 0 bridgehead atoms. The first-order chi connectivity index (χ1) is 8.70. The number of ether oxygens (including phenoxy) is 1. The zero-order valence-electron chi connectivity index (χ0n) is 9.58. The number of nitrogens with two attached hydrogens (primary N) is 1. The molecule has 96 valence electrons. The molecule has 0 amide bonds. The third-order valence-electron chi connectivity index (χ3n) is 3.23. The van der Waals surface area contributed by atoms with Crippen molar-refractivity contribution in [2.24, 2.45) is 0 Å². The number of rotatable bonds is 2. The van der Waals surface area contributed by atoms with E-state index in [2.05, 4.69) is 15.0 Å². The fraction of sp³-hybridized carbons (Fsp3) is 0.455. The normalized spacial score (nSPS) is 28.0. The molecule has 0 saturated carbocycles. The summed E-state index contributed by atoms with van der Waals surface area (Å²) in [6.07, 6.45) is 2.01. The lowest BCUT2D eigenvalue weighted by Gasteiger charge is -2.13. The van der Waals surface area contributed by atoms with Gasteiger partial charge in [-0.2, -0.15) is 0 Å². The molecule has 0 unspecified atom stereocenters. The van der Waals surface area contributed by atoms with E-state index in [1.165, 1.54) is 6.33 Å². The van der Waals surface area contributed by atoms with Crippen molar-refractivity contribution in [3.63, 3.8) is 0 Å². The minimum Gasteiger partial charge on any atom is -0.394 e. The number of aromatic nitrogens is 3. The highest BCUT2D eigenvalue weighted by Crippen LogP contribution is 2.36. The van der Waals surface area contributed by atoms with Crippen LogP contribution in [0.15, 0.2) is 12.5 Å². The number of aliphatic hydroxyl groups is 2. The number of nitrogens with one attached hydrogen (secondary N) is 1. The molecule has 3 atom stereocenters. The Labute approximate surface area is 103 Å². The van der Waals surface area contributed by atoms with E-state index < -0.39 is 12.2 Å². The second-order valence-electron chi connectivity index (χ2n) is 4.39. The van der Waals surface area contributed by atoms with Crippen LogP contribution in [0, 0.1) is 0 Å². The molecule has 18 heavy (non-hydrogen) atoms. The Morgan fingerprint density at radius 1 is 1.50 bits per heavy atom. The average molecular weight is 250 g/mol. The van der Waals surface area contributed by atoms with Gasteiger partial charge in [0.15, 0.2) is 5.82 Å². The molecule has 3 rings (SSSR count). The first-order valence-corrected chi connectivity index (χ1v) is 5.72. The van der Waals surface area contributed by atoms with E-state index in [-0.39, 0.29) is 12.7 Å². The molecule has 2 aromatic heterocycles. The van der Waals surface area contributed by atoms with Crippen molar-refractivity contribution >= 4 is 16.9 Å². The van der Waals surface area contributed by atoms with Gasteiger partial charge in [-0.1, -0.05) is 0 Å². The maximum atomic E-state index is 9.97. The Bertz CT molecular complexity index is 570. The van der Waals surface area contributed by atoms with E-state index in [4.69, 9.17) is 15.6 Å².